The molecule has 1 aromatic heterocycles. The van der Waals surface area contributed by atoms with Gasteiger partial charge in [-0.1, -0.05) is 18.2 Å². The molecule has 1 amide bonds. The molecule has 1 heterocycles. The number of thiophene rings is 1. The summed E-state index contributed by atoms with van der Waals surface area (Å²) in [5, 5.41) is 6.21. The van der Waals surface area contributed by atoms with Gasteiger partial charge in [0, 0.05) is 11.2 Å². The second kappa shape index (κ2) is 6.59. The van der Waals surface area contributed by atoms with Crippen molar-refractivity contribution in [1.29, 1.82) is 0 Å². The zero-order valence-electron chi connectivity index (χ0n) is 9.31. The fraction of sp³-hybridized carbons (Fsp3) is 0.250. The Morgan fingerprint density at radius 3 is 2.88 bits per heavy atom. The van der Waals surface area contributed by atoms with Crippen molar-refractivity contribution in [3.8, 4) is 0 Å². The van der Waals surface area contributed by atoms with E-state index in [1.54, 1.807) is 11.3 Å². The maximum atomic E-state index is 11.0. The lowest BCUT2D eigenvalue weighted by Gasteiger charge is -2.02. The summed E-state index contributed by atoms with van der Waals surface area (Å²) in [6, 6.07) is 8.31. The van der Waals surface area contributed by atoms with Crippen molar-refractivity contribution in [1.82, 2.24) is 5.32 Å². The number of hydrogen-bond donors (Lipinski definition) is 2. The lowest BCUT2D eigenvalue weighted by atomic mass is 10.1. The predicted octanol–water partition coefficient (Wildman–Crippen LogP) is 1.94. The minimum atomic E-state index is -0.0977. The van der Waals surface area contributed by atoms with Crippen molar-refractivity contribution in [2.45, 2.75) is 6.42 Å². The van der Waals surface area contributed by atoms with Gasteiger partial charge in [-0.2, -0.15) is 0 Å². The van der Waals surface area contributed by atoms with Crippen molar-refractivity contribution >= 4 is 39.7 Å². The van der Waals surface area contributed by atoms with E-state index < -0.39 is 0 Å². The molecule has 0 saturated heterocycles. The maximum absolute atomic E-state index is 11.0. The standard InChI is InChI=1S/C12H14N2OS.ClH/c13-7-12(15)14-6-5-9-8-16-11-4-2-1-3-10(9)11;/h1-4,8H,5-7,13H2,(H,14,15);1H. The van der Waals surface area contributed by atoms with Crippen molar-refractivity contribution < 1.29 is 4.79 Å². The first kappa shape index (κ1) is 14.0. The van der Waals surface area contributed by atoms with Crippen LogP contribution in [-0.4, -0.2) is 19.0 Å². The third-order valence-electron chi connectivity index (χ3n) is 2.46. The van der Waals surface area contributed by atoms with Crippen LogP contribution in [0.15, 0.2) is 29.6 Å². The smallest absolute Gasteiger partial charge is 0.233 e. The van der Waals surface area contributed by atoms with Crippen LogP contribution < -0.4 is 11.1 Å². The first-order chi connectivity index (χ1) is 7.81. The van der Waals surface area contributed by atoms with Crippen LogP contribution in [0, 0.1) is 0 Å². The number of hydrogen-bond acceptors (Lipinski definition) is 3. The first-order valence-corrected chi connectivity index (χ1v) is 6.11. The second-order valence-electron chi connectivity index (χ2n) is 3.56. The van der Waals surface area contributed by atoms with Crippen molar-refractivity contribution in [2.24, 2.45) is 5.73 Å². The molecule has 0 bridgehead atoms. The minimum absolute atomic E-state index is 0. The van der Waals surface area contributed by atoms with Crippen LogP contribution in [0.1, 0.15) is 5.56 Å². The van der Waals surface area contributed by atoms with Gasteiger partial charge >= 0.3 is 0 Å². The second-order valence-corrected chi connectivity index (χ2v) is 4.47. The normalized spacial score (nSPS) is 9.94. The third kappa shape index (κ3) is 3.43. The molecule has 5 heteroatoms. The Kier molecular flexibility index (Phi) is 5.41. The summed E-state index contributed by atoms with van der Waals surface area (Å²) < 4.78 is 1.29. The molecule has 1 aromatic carbocycles. The van der Waals surface area contributed by atoms with Crippen molar-refractivity contribution in [3.63, 3.8) is 0 Å². The highest BCUT2D eigenvalue weighted by Gasteiger charge is 2.03. The number of nitrogens with one attached hydrogen (secondary N) is 1. The molecule has 0 fully saturated rings. The molecular weight excluding hydrogens is 256 g/mol. The molecule has 0 aliphatic heterocycles. The summed E-state index contributed by atoms with van der Waals surface area (Å²) >= 11 is 1.74. The van der Waals surface area contributed by atoms with Gasteiger partial charge in [-0.15, -0.1) is 23.7 Å². The molecule has 3 N–H and O–H groups in total. The van der Waals surface area contributed by atoms with E-state index in [1.165, 1.54) is 15.6 Å². The molecule has 17 heavy (non-hydrogen) atoms. The Morgan fingerprint density at radius 2 is 2.12 bits per heavy atom. The largest absolute Gasteiger partial charge is 0.355 e. The Hall–Kier alpha value is -1.10. The molecule has 2 aromatic rings. The van der Waals surface area contributed by atoms with E-state index in [0.717, 1.165) is 6.42 Å². The quantitative estimate of drug-likeness (QED) is 0.892. The number of nitrogens with two attached hydrogens (primary N) is 1. The van der Waals surface area contributed by atoms with E-state index in [4.69, 9.17) is 5.73 Å². The highest BCUT2D eigenvalue weighted by atomic mass is 35.5. The summed E-state index contributed by atoms with van der Waals surface area (Å²) in [6.07, 6.45) is 0.857. The molecule has 0 aliphatic carbocycles. The van der Waals surface area contributed by atoms with Crippen LogP contribution in [0.4, 0.5) is 0 Å². The van der Waals surface area contributed by atoms with Gasteiger partial charge in [0.1, 0.15) is 0 Å². The SMILES string of the molecule is Cl.NCC(=O)NCCc1csc2ccccc12. The number of benzene rings is 1. The average molecular weight is 271 g/mol. The molecule has 0 atom stereocenters. The average Bonchev–Trinajstić information content (AvgIpc) is 2.73. The van der Waals surface area contributed by atoms with Gasteiger partial charge in [0.15, 0.2) is 0 Å². The number of carbonyl (C=O) groups excluding carboxylic acids is 1. The van der Waals surface area contributed by atoms with Gasteiger partial charge in [-0.05, 0) is 28.8 Å². The lowest BCUT2D eigenvalue weighted by molar-refractivity contribution is -0.119. The minimum Gasteiger partial charge on any atom is -0.355 e. The molecule has 0 unspecified atom stereocenters. The van der Waals surface area contributed by atoms with E-state index in [2.05, 4.69) is 22.8 Å². The number of rotatable bonds is 4. The summed E-state index contributed by atoms with van der Waals surface area (Å²) in [5.41, 5.74) is 6.50. The first-order valence-electron chi connectivity index (χ1n) is 5.23. The Balaban J connectivity index is 0.00000144. The summed E-state index contributed by atoms with van der Waals surface area (Å²) in [4.78, 5) is 11.0. The van der Waals surface area contributed by atoms with Crippen LogP contribution in [0.3, 0.4) is 0 Å². The molecule has 0 aliphatic rings. The zero-order chi connectivity index (χ0) is 11.4. The van der Waals surface area contributed by atoms with Gasteiger partial charge in [-0.3, -0.25) is 4.79 Å². The molecule has 0 spiro atoms. The highest BCUT2D eigenvalue weighted by Crippen LogP contribution is 2.25. The summed E-state index contributed by atoms with van der Waals surface area (Å²) in [7, 11) is 0. The molecule has 0 radical (unpaired) electrons. The van der Waals surface area contributed by atoms with Crippen LogP contribution >= 0.6 is 23.7 Å². The number of amides is 1. The Bertz CT molecular complexity index is 498. The fourth-order valence-corrected chi connectivity index (χ4v) is 2.63. The highest BCUT2D eigenvalue weighted by molar-refractivity contribution is 7.17. The van der Waals surface area contributed by atoms with Crippen molar-refractivity contribution in [3.05, 3.63) is 35.2 Å². The zero-order valence-corrected chi connectivity index (χ0v) is 10.9. The van der Waals surface area contributed by atoms with Gasteiger partial charge in [-0.25, -0.2) is 0 Å². The van der Waals surface area contributed by atoms with E-state index in [-0.39, 0.29) is 24.9 Å². The molecule has 0 saturated carbocycles. The predicted molar refractivity (Wildman–Crippen MR) is 74.8 cm³/mol. The van der Waals surface area contributed by atoms with E-state index in [1.807, 2.05) is 12.1 Å². The van der Waals surface area contributed by atoms with Crippen LogP contribution in [0.5, 0.6) is 0 Å². The van der Waals surface area contributed by atoms with Gasteiger partial charge in [0.05, 0.1) is 6.54 Å². The number of carbonyl (C=O) groups is 1. The monoisotopic (exact) mass is 270 g/mol. The molecule has 92 valence electrons. The molecular formula is C12H15ClN2OS. The van der Waals surface area contributed by atoms with Gasteiger partial charge in [0.2, 0.25) is 5.91 Å². The van der Waals surface area contributed by atoms with E-state index >= 15 is 0 Å². The maximum Gasteiger partial charge on any atom is 0.233 e. The number of fused-ring (bicyclic) bond motifs is 1. The van der Waals surface area contributed by atoms with E-state index in [0.29, 0.717) is 6.54 Å². The fourth-order valence-electron chi connectivity index (χ4n) is 1.64. The van der Waals surface area contributed by atoms with Crippen LogP contribution in [0.25, 0.3) is 10.1 Å². The molecule has 3 nitrogen and oxygen atoms in total. The Labute approximate surface area is 110 Å². The Morgan fingerprint density at radius 1 is 1.35 bits per heavy atom. The van der Waals surface area contributed by atoms with Crippen molar-refractivity contribution in [2.75, 3.05) is 13.1 Å². The van der Waals surface area contributed by atoms with Gasteiger partial charge in [0.25, 0.3) is 0 Å². The lowest BCUT2D eigenvalue weighted by Crippen LogP contribution is -2.31. The van der Waals surface area contributed by atoms with Gasteiger partial charge < -0.3 is 11.1 Å². The van der Waals surface area contributed by atoms with Crippen LogP contribution in [0.2, 0.25) is 0 Å². The molecule has 2 rings (SSSR count). The summed E-state index contributed by atoms with van der Waals surface area (Å²) in [5.74, 6) is -0.0977. The summed E-state index contributed by atoms with van der Waals surface area (Å²) in [6.45, 7) is 0.709. The third-order valence-corrected chi connectivity index (χ3v) is 3.48. The van der Waals surface area contributed by atoms with E-state index in [9.17, 15) is 4.79 Å². The topological polar surface area (TPSA) is 55.1 Å². The van der Waals surface area contributed by atoms with Crippen LogP contribution in [-0.2, 0) is 11.2 Å². The number of halogens is 1.